The number of benzene rings is 2. The molecule has 0 bridgehead atoms. The molecule has 106 valence electrons. The van der Waals surface area contributed by atoms with Gasteiger partial charge in [0.2, 0.25) is 0 Å². The van der Waals surface area contributed by atoms with Gasteiger partial charge in [-0.2, -0.15) is 0 Å². The molecule has 0 fully saturated rings. The zero-order chi connectivity index (χ0) is 14.8. The van der Waals surface area contributed by atoms with Gasteiger partial charge >= 0.3 is 0 Å². The molecule has 0 aliphatic rings. The maximum Gasteiger partial charge on any atom is 0.269 e. The summed E-state index contributed by atoms with van der Waals surface area (Å²) in [7, 11) is 3.05. The van der Waals surface area contributed by atoms with Crippen LogP contribution in [0.4, 0.5) is 0 Å². The molecule has 0 N–H and O–H groups in total. The fraction of sp³-hybridized carbons (Fsp3) is 0.125. The Hall–Kier alpha value is -2.82. The molecule has 1 heterocycles. The van der Waals surface area contributed by atoms with Gasteiger partial charge in [0.05, 0.1) is 25.4 Å². The Bertz CT molecular complexity index is 841. The third-order valence-electron chi connectivity index (χ3n) is 3.30. The first-order valence-corrected chi connectivity index (χ1v) is 6.44. The topological polar surface area (TPSA) is 53.4 Å². The Morgan fingerprint density at radius 1 is 1.00 bits per heavy atom. The van der Waals surface area contributed by atoms with Gasteiger partial charge in [0, 0.05) is 0 Å². The highest BCUT2D eigenvalue weighted by atomic mass is 16.5. The van der Waals surface area contributed by atoms with E-state index < -0.39 is 0 Å². The fourth-order valence-electron chi connectivity index (χ4n) is 2.30. The molecular weight excluding hydrogens is 268 g/mol. The minimum Gasteiger partial charge on any atom is -0.493 e. The Morgan fingerprint density at radius 3 is 2.43 bits per heavy atom. The van der Waals surface area contributed by atoms with Gasteiger partial charge < -0.3 is 9.47 Å². The largest absolute Gasteiger partial charge is 0.493 e. The predicted octanol–water partition coefficient (Wildman–Crippen LogP) is 2.40. The second-order valence-electron chi connectivity index (χ2n) is 4.45. The number of nitrogens with zero attached hydrogens (tertiary/aromatic N) is 2. The zero-order valence-electron chi connectivity index (χ0n) is 11.7. The summed E-state index contributed by atoms with van der Waals surface area (Å²) >= 11 is 0. The van der Waals surface area contributed by atoms with E-state index in [9.17, 15) is 4.79 Å². The van der Waals surface area contributed by atoms with Crippen LogP contribution in [0.1, 0.15) is 0 Å². The molecular formula is C16H14N2O3. The molecule has 0 unspecified atom stereocenters. The van der Waals surface area contributed by atoms with Crippen LogP contribution in [0.2, 0.25) is 0 Å². The van der Waals surface area contributed by atoms with Gasteiger partial charge in [-0.3, -0.25) is 9.36 Å². The van der Waals surface area contributed by atoms with Gasteiger partial charge in [0.25, 0.3) is 5.56 Å². The van der Waals surface area contributed by atoms with Gasteiger partial charge in [-0.05, 0) is 24.3 Å². The van der Waals surface area contributed by atoms with Crippen molar-refractivity contribution in [2.45, 2.75) is 0 Å². The average molecular weight is 282 g/mol. The van der Waals surface area contributed by atoms with Gasteiger partial charge in [0.1, 0.15) is 11.7 Å². The summed E-state index contributed by atoms with van der Waals surface area (Å²) in [5.74, 6) is 0.910. The highest BCUT2D eigenvalue weighted by Crippen LogP contribution is 2.32. The van der Waals surface area contributed by atoms with Crippen LogP contribution in [-0.4, -0.2) is 23.8 Å². The number of rotatable bonds is 3. The predicted molar refractivity (Wildman–Crippen MR) is 80.4 cm³/mol. The van der Waals surface area contributed by atoms with Crippen molar-refractivity contribution >= 4 is 10.9 Å². The van der Waals surface area contributed by atoms with Crippen LogP contribution in [0, 0.1) is 0 Å². The quantitative estimate of drug-likeness (QED) is 0.740. The zero-order valence-corrected chi connectivity index (χ0v) is 11.7. The minimum atomic E-state index is -0.193. The lowest BCUT2D eigenvalue weighted by Gasteiger charge is -2.11. The van der Waals surface area contributed by atoms with Gasteiger partial charge in [-0.1, -0.05) is 18.2 Å². The smallest absolute Gasteiger partial charge is 0.269 e. The number of methoxy groups -OCH3 is 2. The molecule has 3 aromatic rings. The normalized spacial score (nSPS) is 10.6. The highest BCUT2D eigenvalue weighted by Gasteiger charge is 2.15. The molecule has 5 nitrogen and oxygen atoms in total. The van der Waals surface area contributed by atoms with E-state index >= 15 is 0 Å². The van der Waals surface area contributed by atoms with E-state index in [2.05, 4.69) is 4.98 Å². The lowest BCUT2D eigenvalue weighted by Crippen LogP contribution is -2.19. The first kappa shape index (κ1) is 13.2. The molecule has 0 radical (unpaired) electrons. The first-order valence-electron chi connectivity index (χ1n) is 6.44. The fourth-order valence-corrected chi connectivity index (χ4v) is 2.30. The SMILES string of the molecule is COc1ccc2ncn(-c3ccccc3)c(=O)c2c1OC. The van der Waals surface area contributed by atoms with Crippen LogP contribution in [0.3, 0.4) is 0 Å². The lowest BCUT2D eigenvalue weighted by molar-refractivity contribution is 0.358. The van der Waals surface area contributed by atoms with Crippen LogP contribution < -0.4 is 15.0 Å². The van der Waals surface area contributed by atoms with Crippen molar-refractivity contribution in [3.05, 3.63) is 59.1 Å². The molecule has 0 aliphatic carbocycles. The molecule has 5 heteroatoms. The maximum atomic E-state index is 12.8. The van der Waals surface area contributed by atoms with E-state index in [1.165, 1.54) is 25.1 Å². The molecule has 0 saturated carbocycles. The Morgan fingerprint density at radius 2 is 1.76 bits per heavy atom. The van der Waals surface area contributed by atoms with E-state index in [0.29, 0.717) is 22.4 Å². The summed E-state index contributed by atoms with van der Waals surface area (Å²) in [5, 5.41) is 0.406. The van der Waals surface area contributed by atoms with Crippen LogP contribution in [0.15, 0.2) is 53.6 Å². The summed E-state index contributed by atoms with van der Waals surface area (Å²) in [4.78, 5) is 17.1. The minimum absolute atomic E-state index is 0.193. The summed E-state index contributed by atoms with van der Waals surface area (Å²) in [5.41, 5.74) is 1.13. The summed E-state index contributed by atoms with van der Waals surface area (Å²) in [6.45, 7) is 0. The molecule has 3 rings (SSSR count). The van der Waals surface area contributed by atoms with Crippen molar-refractivity contribution in [3.8, 4) is 17.2 Å². The average Bonchev–Trinajstić information content (AvgIpc) is 2.55. The van der Waals surface area contributed by atoms with Crippen LogP contribution in [0.5, 0.6) is 11.5 Å². The highest BCUT2D eigenvalue weighted by molar-refractivity contribution is 5.87. The van der Waals surface area contributed by atoms with E-state index in [1.54, 1.807) is 12.1 Å². The van der Waals surface area contributed by atoms with Crippen molar-refractivity contribution < 1.29 is 9.47 Å². The van der Waals surface area contributed by atoms with E-state index in [0.717, 1.165) is 5.69 Å². The molecule has 1 aromatic heterocycles. The van der Waals surface area contributed by atoms with E-state index in [-0.39, 0.29) is 5.56 Å². The number of para-hydroxylation sites is 1. The van der Waals surface area contributed by atoms with Crippen molar-refractivity contribution in [3.63, 3.8) is 0 Å². The molecule has 0 atom stereocenters. The van der Waals surface area contributed by atoms with Crippen LogP contribution in [-0.2, 0) is 0 Å². The summed E-state index contributed by atoms with van der Waals surface area (Å²) in [6, 6.07) is 12.8. The van der Waals surface area contributed by atoms with Crippen molar-refractivity contribution in [1.82, 2.24) is 9.55 Å². The molecule has 0 spiro atoms. The Labute approximate surface area is 121 Å². The number of fused-ring (bicyclic) bond motifs is 1. The van der Waals surface area contributed by atoms with Gasteiger partial charge in [-0.25, -0.2) is 4.98 Å². The Balaban J connectivity index is 2.37. The standard InChI is InChI=1S/C16H14N2O3/c1-20-13-9-8-12-14(15(13)21-2)16(19)18(10-17-12)11-6-4-3-5-7-11/h3-10H,1-2H3. The number of hydrogen-bond acceptors (Lipinski definition) is 4. The molecule has 2 aromatic carbocycles. The van der Waals surface area contributed by atoms with Crippen molar-refractivity contribution in [1.29, 1.82) is 0 Å². The van der Waals surface area contributed by atoms with Crippen molar-refractivity contribution in [2.24, 2.45) is 0 Å². The number of hydrogen-bond donors (Lipinski definition) is 0. The molecule has 0 aliphatic heterocycles. The summed E-state index contributed by atoms with van der Waals surface area (Å²) in [6.07, 6.45) is 1.52. The maximum absolute atomic E-state index is 12.8. The summed E-state index contributed by atoms with van der Waals surface area (Å²) < 4.78 is 12.1. The molecule has 0 saturated heterocycles. The van der Waals surface area contributed by atoms with Crippen molar-refractivity contribution in [2.75, 3.05) is 14.2 Å². The Kier molecular flexibility index (Phi) is 3.31. The van der Waals surface area contributed by atoms with E-state index in [4.69, 9.17) is 9.47 Å². The second-order valence-corrected chi connectivity index (χ2v) is 4.45. The first-order chi connectivity index (χ1) is 10.3. The van der Waals surface area contributed by atoms with Gasteiger partial charge in [-0.15, -0.1) is 0 Å². The van der Waals surface area contributed by atoms with Crippen LogP contribution in [0.25, 0.3) is 16.6 Å². The van der Waals surface area contributed by atoms with Gasteiger partial charge in [0.15, 0.2) is 11.5 Å². The molecule has 21 heavy (non-hydrogen) atoms. The van der Waals surface area contributed by atoms with Crippen LogP contribution >= 0.6 is 0 Å². The number of ether oxygens (including phenoxy) is 2. The third kappa shape index (κ3) is 2.12. The number of aromatic nitrogens is 2. The lowest BCUT2D eigenvalue weighted by atomic mass is 10.2. The third-order valence-corrected chi connectivity index (χ3v) is 3.30. The monoisotopic (exact) mass is 282 g/mol. The van der Waals surface area contributed by atoms with E-state index in [1.807, 2.05) is 30.3 Å². The second kappa shape index (κ2) is 5.28. The molecule has 0 amide bonds.